The normalized spacial score (nSPS) is 44.8. The summed E-state index contributed by atoms with van der Waals surface area (Å²) in [6.45, 7) is 3.81. The van der Waals surface area contributed by atoms with E-state index in [0.717, 1.165) is 19.1 Å². The molecule has 1 saturated heterocycles. The third kappa shape index (κ3) is 1.21. The highest BCUT2D eigenvalue weighted by molar-refractivity contribution is 6.28. The van der Waals surface area contributed by atoms with Crippen LogP contribution in [0.15, 0.2) is 35.9 Å². The quantitative estimate of drug-likeness (QED) is 0.746. The Morgan fingerprint density at radius 3 is 2.58 bits per heavy atom. The van der Waals surface area contributed by atoms with Crippen LogP contribution in [0.3, 0.4) is 0 Å². The second-order valence-corrected chi connectivity index (χ2v) is 7.95. The predicted molar refractivity (Wildman–Crippen MR) is 85.8 cm³/mol. The molecule has 0 aromatic heterocycles. The fourth-order valence-corrected chi connectivity index (χ4v) is 5.69. The Hall–Kier alpha value is -2.07. The summed E-state index contributed by atoms with van der Waals surface area (Å²) in [5.41, 5.74) is -1.78. The lowest BCUT2D eigenvalue weighted by molar-refractivity contribution is -0.219. The van der Waals surface area contributed by atoms with Crippen LogP contribution in [0.2, 0.25) is 0 Å². The number of Topliss-reactive ketones (excluding diaryl/α,β-unsaturated/α-hetero) is 2. The van der Waals surface area contributed by atoms with E-state index in [1.165, 1.54) is 0 Å². The summed E-state index contributed by atoms with van der Waals surface area (Å²) in [6.07, 6.45) is 4.45. The number of carbonyl (C=O) groups excluding carboxylic acids is 3. The van der Waals surface area contributed by atoms with Gasteiger partial charge < -0.3 is 9.53 Å². The molecule has 4 heteroatoms. The lowest BCUT2D eigenvalue weighted by atomic mass is 9.49. The molecule has 0 amide bonds. The van der Waals surface area contributed by atoms with E-state index in [9.17, 15) is 14.4 Å². The van der Waals surface area contributed by atoms with Crippen LogP contribution in [0.5, 0.6) is 0 Å². The molecule has 122 valence electrons. The van der Waals surface area contributed by atoms with Crippen LogP contribution in [0.4, 0.5) is 0 Å². The Morgan fingerprint density at radius 1 is 1.17 bits per heavy atom. The topological polar surface area (TPSA) is 60.4 Å². The van der Waals surface area contributed by atoms with E-state index in [2.05, 4.69) is 0 Å². The van der Waals surface area contributed by atoms with Gasteiger partial charge >= 0.3 is 0 Å². The van der Waals surface area contributed by atoms with Crippen molar-refractivity contribution >= 4 is 17.9 Å². The van der Waals surface area contributed by atoms with Crippen molar-refractivity contribution in [1.82, 2.24) is 0 Å². The molecular weight excluding hydrogens is 304 g/mol. The number of ether oxygens (including phenoxy) is 1. The molecule has 1 spiro atoms. The molecule has 4 bridgehead atoms. The van der Waals surface area contributed by atoms with Gasteiger partial charge in [0.2, 0.25) is 5.78 Å². The molecule has 6 rings (SSSR count). The molecule has 2 fully saturated rings. The zero-order chi connectivity index (χ0) is 16.9. The van der Waals surface area contributed by atoms with Crippen molar-refractivity contribution in [2.45, 2.75) is 37.9 Å². The summed E-state index contributed by atoms with van der Waals surface area (Å²) in [5, 5.41) is 0. The standard InChI is InChI=1S/C20H18O4/c1-18(10-21)13-7-8-19(2)14(13)9-15-16(22)11-5-3-4-6-12(11)17(23)20(15,18)24-19/h3-6,9-10,13-14H,7-8H2,1-2H3/t13-,14+,18+,19+,20-/m0/s1. The predicted octanol–water partition coefficient (Wildman–Crippen LogP) is 2.76. The number of aldehydes is 1. The van der Waals surface area contributed by atoms with E-state index in [0.29, 0.717) is 16.7 Å². The second-order valence-electron chi connectivity index (χ2n) is 7.95. The molecule has 2 heterocycles. The van der Waals surface area contributed by atoms with Crippen molar-refractivity contribution in [3.8, 4) is 0 Å². The number of rotatable bonds is 1. The van der Waals surface area contributed by atoms with E-state index in [1.807, 2.05) is 13.0 Å². The number of carbonyl (C=O) groups is 3. The number of ketones is 2. The van der Waals surface area contributed by atoms with E-state index in [-0.39, 0.29) is 23.4 Å². The number of hydrogen-bond donors (Lipinski definition) is 0. The molecule has 5 aliphatic rings. The van der Waals surface area contributed by atoms with Crippen molar-refractivity contribution in [3.63, 3.8) is 0 Å². The van der Waals surface area contributed by atoms with Gasteiger partial charge in [0.05, 0.1) is 11.0 Å². The summed E-state index contributed by atoms with van der Waals surface area (Å²) in [6, 6.07) is 6.85. The molecule has 4 nitrogen and oxygen atoms in total. The lowest BCUT2D eigenvalue weighted by Crippen LogP contribution is -2.72. The SMILES string of the molecule is C[C@@]12CC[C@H]3[C@H]1C=C1C(=O)c4ccccc4C(=O)[C@]1(O2)[C@]3(C)C=O. The molecular formula is C20H18O4. The van der Waals surface area contributed by atoms with Crippen LogP contribution in [-0.4, -0.2) is 29.1 Å². The largest absolute Gasteiger partial charge is 0.354 e. The van der Waals surface area contributed by atoms with Crippen LogP contribution in [-0.2, 0) is 9.53 Å². The summed E-state index contributed by atoms with van der Waals surface area (Å²) < 4.78 is 6.43. The van der Waals surface area contributed by atoms with Gasteiger partial charge in [-0.15, -0.1) is 0 Å². The van der Waals surface area contributed by atoms with Crippen LogP contribution < -0.4 is 0 Å². The first kappa shape index (κ1) is 14.3. The van der Waals surface area contributed by atoms with Gasteiger partial charge in [0, 0.05) is 22.6 Å². The van der Waals surface area contributed by atoms with Crippen molar-refractivity contribution in [2.75, 3.05) is 0 Å². The molecule has 2 aliphatic heterocycles. The monoisotopic (exact) mass is 322 g/mol. The van der Waals surface area contributed by atoms with Gasteiger partial charge in [0.15, 0.2) is 11.4 Å². The van der Waals surface area contributed by atoms with Crippen LogP contribution >= 0.6 is 0 Å². The minimum atomic E-state index is -1.47. The van der Waals surface area contributed by atoms with Gasteiger partial charge in [-0.05, 0) is 32.6 Å². The molecule has 0 radical (unpaired) electrons. The molecule has 5 atom stereocenters. The Labute approximate surface area is 139 Å². The highest BCUT2D eigenvalue weighted by Gasteiger charge is 2.76. The molecule has 24 heavy (non-hydrogen) atoms. The molecule has 1 saturated carbocycles. The van der Waals surface area contributed by atoms with Crippen molar-refractivity contribution in [2.24, 2.45) is 17.3 Å². The second kappa shape index (κ2) is 3.94. The van der Waals surface area contributed by atoms with E-state index >= 15 is 0 Å². The smallest absolute Gasteiger partial charge is 0.201 e. The lowest BCUT2D eigenvalue weighted by Gasteiger charge is -2.61. The van der Waals surface area contributed by atoms with Gasteiger partial charge in [-0.1, -0.05) is 30.3 Å². The minimum Gasteiger partial charge on any atom is -0.354 e. The zero-order valence-electron chi connectivity index (χ0n) is 13.7. The first-order chi connectivity index (χ1) is 11.4. The summed E-state index contributed by atoms with van der Waals surface area (Å²) in [7, 11) is 0. The van der Waals surface area contributed by atoms with E-state index < -0.39 is 16.6 Å². The Bertz CT molecular complexity index is 868. The maximum absolute atomic E-state index is 13.5. The Balaban J connectivity index is 1.89. The first-order valence-electron chi connectivity index (χ1n) is 8.46. The maximum atomic E-state index is 13.5. The minimum absolute atomic E-state index is 0.00610. The third-order valence-electron chi connectivity index (χ3n) is 6.96. The molecule has 0 unspecified atom stereocenters. The van der Waals surface area contributed by atoms with Crippen LogP contribution in [0.1, 0.15) is 47.4 Å². The van der Waals surface area contributed by atoms with E-state index in [1.54, 1.807) is 31.2 Å². The van der Waals surface area contributed by atoms with Gasteiger partial charge in [-0.2, -0.15) is 0 Å². The third-order valence-corrected chi connectivity index (χ3v) is 6.96. The van der Waals surface area contributed by atoms with Crippen molar-refractivity contribution in [3.05, 3.63) is 47.0 Å². The number of benzene rings is 1. The fraction of sp³-hybridized carbons (Fsp3) is 0.450. The number of fused-ring (bicyclic) bond motifs is 1. The summed E-state index contributed by atoms with van der Waals surface area (Å²) in [4.78, 5) is 38.8. The molecule has 1 aromatic carbocycles. The fourth-order valence-electron chi connectivity index (χ4n) is 5.69. The summed E-state index contributed by atoms with van der Waals surface area (Å²) >= 11 is 0. The average molecular weight is 322 g/mol. The van der Waals surface area contributed by atoms with Crippen LogP contribution in [0, 0.1) is 17.3 Å². The van der Waals surface area contributed by atoms with Gasteiger partial charge in [-0.3, -0.25) is 9.59 Å². The van der Waals surface area contributed by atoms with Crippen molar-refractivity contribution in [1.29, 1.82) is 0 Å². The average Bonchev–Trinajstić information content (AvgIpc) is 2.90. The molecule has 0 N–H and O–H groups in total. The van der Waals surface area contributed by atoms with Crippen LogP contribution in [0.25, 0.3) is 0 Å². The van der Waals surface area contributed by atoms with Gasteiger partial charge in [0.25, 0.3) is 0 Å². The Morgan fingerprint density at radius 2 is 1.88 bits per heavy atom. The molecule has 1 aromatic rings. The van der Waals surface area contributed by atoms with Gasteiger partial charge in [0.1, 0.15) is 6.29 Å². The zero-order valence-corrected chi connectivity index (χ0v) is 13.7. The maximum Gasteiger partial charge on any atom is 0.201 e. The summed E-state index contributed by atoms with van der Waals surface area (Å²) in [5.74, 6) is -0.369. The number of hydrogen-bond acceptors (Lipinski definition) is 4. The first-order valence-corrected chi connectivity index (χ1v) is 8.46. The van der Waals surface area contributed by atoms with Gasteiger partial charge in [-0.25, -0.2) is 0 Å². The van der Waals surface area contributed by atoms with E-state index in [4.69, 9.17) is 4.74 Å². The Kier molecular flexibility index (Phi) is 2.35. The highest BCUT2D eigenvalue weighted by atomic mass is 16.5. The highest BCUT2D eigenvalue weighted by Crippen LogP contribution is 2.68. The van der Waals surface area contributed by atoms with Crippen molar-refractivity contribution < 1.29 is 19.1 Å². The molecule has 3 aliphatic carbocycles.